The van der Waals surface area contributed by atoms with E-state index in [2.05, 4.69) is 31.3 Å². The lowest BCUT2D eigenvalue weighted by Gasteiger charge is -2.24. The first kappa shape index (κ1) is 21.7. The maximum absolute atomic E-state index is 12.4. The highest BCUT2D eigenvalue weighted by Crippen LogP contribution is 2.18. The molecule has 26 heavy (non-hydrogen) atoms. The molecule has 1 aromatic rings. The summed E-state index contributed by atoms with van der Waals surface area (Å²) in [7, 11) is 5.20. The number of methoxy groups -OCH3 is 1. The molecule has 6 heteroatoms. The molecular weight excluding hydrogens is 330 g/mol. The number of carbonyl (C=O) groups excluding carboxylic acids is 2. The van der Waals surface area contributed by atoms with Gasteiger partial charge in [-0.2, -0.15) is 0 Å². The third-order valence-electron chi connectivity index (χ3n) is 4.25. The molecule has 0 aliphatic rings. The molecule has 0 bridgehead atoms. The summed E-state index contributed by atoms with van der Waals surface area (Å²) in [5.74, 6) is -0.361. The van der Waals surface area contributed by atoms with E-state index in [0.717, 1.165) is 18.5 Å². The quantitative estimate of drug-likeness (QED) is 0.381. The van der Waals surface area contributed by atoms with Gasteiger partial charge in [-0.25, -0.2) is 5.43 Å². The molecule has 0 saturated carbocycles. The number of hydrazine groups is 1. The van der Waals surface area contributed by atoms with Gasteiger partial charge in [-0.05, 0) is 36.6 Å². The second-order valence-electron chi connectivity index (χ2n) is 6.91. The van der Waals surface area contributed by atoms with Crippen molar-refractivity contribution in [1.82, 2.24) is 10.9 Å². The predicted octanol–water partition coefficient (Wildman–Crippen LogP) is 2.77. The maximum atomic E-state index is 12.4. The number of hydrogen-bond donors (Lipinski definition) is 2. The summed E-state index contributed by atoms with van der Waals surface area (Å²) in [4.78, 5) is 26.4. The van der Waals surface area contributed by atoms with E-state index in [9.17, 15) is 9.59 Å². The molecule has 0 fully saturated rings. The van der Waals surface area contributed by atoms with Crippen LogP contribution in [0.25, 0.3) is 0 Å². The Bertz CT molecular complexity index is 597. The van der Waals surface area contributed by atoms with E-state index in [4.69, 9.17) is 4.74 Å². The van der Waals surface area contributed by atoms with Crippen LogP contribution in [0.15, 0.2) is 36.9 Å². The lowest BCUT2D eigenvalue weighted by atomic mass is 9.92. The van der Waals surface area contributed by atoms with Crippen LogP contribution in [0, 0.1) is 11.8 Å². The summed E-state index contributed by atoms with van der Waals surface area (Å²) in [6.07, 6.45) is 3.46. The third-order valence-corrected chi connectivity index (χ3v) is 4.25. The molecular formula is C20H31N3O3. The van der Waals surface area contributed by atoms with Crippen molar-refractivity contribution in [2.24, 2.45) is 11.8 Å². The van der Waals surface area contributed by atoms with Crippen molar-refractivity contribution >= 4 is 17.6 Å². The zero-order valence-electron chi connectivity index (χ0n) is 16.4. The number of nitrogens with zero attached hydrogens (tertiary/aromatic N) is 1. The number of carbonyl (C=O) groups is 2. The number of benzene rings is 1. The summed E-state index contributed by atoms with van der Waals surface area (Å²) in [6, 6.07) is 6.53. The standard InChI is InChI=1S/C20H31N3O3/c1-7-15(9-8-14(2)3)18(20(25)26-6)21-22-19(24)16-10-12-17(13-11-16)23(4)5/h7,10-15,18,21H,1,8-9H2,2-6H3,(H,22,24)/t15-,18+/m0/s1. The van der Waals surface area contributed by atoms with E-state index in [1.165, 1.54) is 7.11 Å². The van der Waals surface area contributed by atoms with Crippen LogP contribution in [0.1, 0.15) is 37.0 Å². The van der Waals surface area contributed by atoms with Crippen LogP contribution in [-0.2, 0) is 9.53 Å². The number of amides is 1. The van der Waals surface area contributed by atoms with Crippen LogP contribution in [0.5, 0.6) is 0 Å². The molecule has 1 amide bonds. The molecule has 0 saturated heterocycles. The van der Waals surface area contributed by atoms with Crippen LogP contribution < -0.4 is 15.8 Å². The van der Waals surface area contributed by atoms with Crippen LogP contribution in [0.2, 0.25) is 0 Å². The van der Waals surface area contributed by atoms with Crippen molar-refractivity contribution in [2.45, 2.75) is 32.7 Å². The Morgan fingerprint density at radius 1 is 1.19 bits per heavy atom. The van der Waals surface area contributed by atoms with Gasteiger partial charge in [0.2, 0.25) is 0 Å². The van der Waals surface area contributed by atoms with Crippen molar-refractivity contribution in [2.75, 3.05) is 26.1 Å². The van der Waals surface area contributed by atoms with Crippen LogP contribution in [-0.4, -0.2) is 39.1 Å². The van der Waals surface area contributed by atoms with Crippen LogP contribution >= 0.6 is 0 Å². The Labute approximate surface area is 156 Å². The van der Waals surface area contributed by atoms with Gasteiger partial charge < -0.3 is 9.64 Å². The minimum absolute atomic E-state index is 0.138. The number of anilines is 1. The molecule has 2 atom stereocenters. The molecule has 144 valence electrons. The minimum atomic E-state index is -0.679. The first-order valence-electron chi connectivity index (χ1n) is 8.83. The molecule has 0 unspecified atom stereocenters. The van der Waals surface area contributed by atoms with Gasteiger partial charge in [0.05, 0.1) is 7.11 Å². The van der Waals surface area contributed by atoms with Crippen molar-refractivity contribution in [3.63, 3.8) is 0 Å². The van der Waals surface area contributed by atoms with Crippen molar-refractivity contribution in [3.05, 3.63) is 42.5 Å². The second-order valence-corrected chi connectivity index (χ2v) is 6.91. The average molecular weight is 361 g/mol. The fraction of sp³-hybridized carbons (Fsp3) is 0.500. The summed E-state index contributed by atoms with van der Waals surface area (Å²) in [5.41, 5.74) is 6.95. The molecule has 1 rings (SSSR count). The van der Waals surface area contributed by atoms with Crippen LogP contribution in [0.4, 0.5) is 5.69 Å². The Morgan fingerprint density at radius 3 is 2.27 bits per heavy atom. The van der Waals surface area contributed by atoms with Crippen molar-refractivity contribution in [3.8, 4) is 0 Å². The van der Waals surface area contributed by atoms with Gasteiger partial charge in [-0.3, -0.25) is 15.0 Å². The first-order valence-corrected chi connectivity index (χ1v) is 8.83. The van der Waals surface area contributed by atoms with Gasteiger partial charge in [-0.1, -0.05) is 26.3 Å². The lowest BCUT2D eigenvalue weighted by molar-refractivity contribution is -0.144. The predicted molar refractivity (Wildman–Crippen MR) is 105 cm³/mol. The normalized spacial score (nSPS) is 13.0. The smallest absolute Gasteiger partial charge is 0.325 e. The van der Waals surface area contributed by atoms with Crippen molar-refractivity contribution < 1.29 is 14.3 Å². The molecule has 0 heterocycles. The van der Waals surface area contributed by atoms with Gasteiger partial charge in [0.15, 0.2) is 0 Å². The van der Waals surface area contributed by atoms with Gasteiger partial charge in [-0.15, -0.1) is 6.58 Å². The van der Waals surface area contributed by atoms with Gasteiger partial charge in [0.25, 0.3) is 5.91 Å². The Kier molecular flexibility index (Phi) is 8.85. The highest BCUT2D eigenvalue weighted by molar-refractivity contribution is 5.94. The first-order chi connectivity index (χ1) is 12.3. The molecule has 2 N–H and O–H groups in total. The summed E-state index contributed by atoms with van der Waals surface area (Å²) < 4.78 is 4.88. The van der Waals surface area contributed by atoms with E-state index in [0.29, 0.717) is 11.5 Å². The van der Waals surface area contributed by atoms with E-state index < -0.39 is 12.0 Å². The zero-order valence-corrected chi connectivity index (χ0v) is 16.4. The fourth-order valence-electron chi connectivity index (χ4n) is 2.54. The number of ether oxygens (including phenoxy) is 1. The number of nitrogens with one attached hydrogen (secondary N) is 2. The third kappa shape index (κ3) is 6.52. The number of hydrogen-bond acceptors (Lipinski definition) is 5. The molecule has 1 aromatic carbocycles. The van der Waals surface area contributed by atoms with Crippen molar-refractivity contribution in [1.29, 1.82) is 0 Å². The molecule has 6 nitrogen and oxygen atoms in total. The average Bonchev–Trinajstić information content (AvgIpc) is 2.63. The highest BCUT2D eigenvalue weighted by atomic mass is 16.5. The highest BCUT2D eigenvalue weighted by Gasteiger charge is 2.27. The van der Waals surface area contributed by atoms with Gasteiger partial charge in [0, 0.05) is 31.3 Å². The fourth-order valence-corrected chi connectivity index (χ4v) is 2.54. The molecule has 0 aromatic heterocycles. The van der Waals surface area contributed by atoms with E-state index in [1.807, 2.05) is 31.1 Å². The SMILES string of the molecule is C=C[C@@H](CCC(C)C)[C@@H](NNC(=O)c1ccc(N(C)C)cc1)C(=O)OC. The number of rotatable bonds is 10. The molecule has 0 aliphatic carbocycles. The second kappa shape index (κ2) is 10.6. The van der Waals surface area contributed by atoms with Gasteiger partial charge >= 0.3 is 5.97 Å². The molecule has 0 radical (unpaired) electrons. The van der Waals surface area contributed by atoms with Crippen LogP contribution in [0.3, 0.4) is 0 Å². The topological polar surface area (TPSA) is 70.7 Å². The summed E-state index contributed by atoms with van der Waals surface area (Å²) >= 11 is 0. The largest absolute Gasteiger partial charge is 0.468 e. The van der Waals surface area contributed by atoms with Gasteiger partial charge in [0.1, 0.15) is 6.04 Å². The Hall–Kier alpha value is -2.34. The van der Waals surface area contributed by atoms with E-state index in [1.54, 1.807) is 18.2 Å². The lowest BCUT2D eigenvalue weighted by Crippen LogP contribution is -2.51. The summed E-state index contributed by atoms with van der Waals surface area (Å²) in [5, 5.41) is 0. The Balaban J connectivity index is 2.77. The maximum Gasteiger partial charge on any atom is 0.325 e. The molecule has 0 aliphatic heterocycles. The zero-order chi connectivity index (χ0) is 19.7. The summed E-state index contributed by atoms with van der Waals surface area (Å²) in [6.45, 7) is 8.07. The van der Waals surface area contributed by atoms with E-state index in [-0.39, 0.29) is 11.8 Å². The number of esters is 1. The molecule has 0 spiro atoms. The van der Waals surface area contributed by atoms with E-state index >= 15 is 0 Å². The Morgan fingerprint density at radius 2 is 1.81 bits per heavy atom. The monoisotopic (exact) mass is 361 g/mol. The minimum Gasteiger partial charge on any atom is -0.468 e.